The highest BCUT2D eigenvalue weighted by Crippen LogP contribution is 2.14. The van der Waals surface area contributed by atoms with Crippen LogP contribution in [0.2, 0.25) is 0 Å². The van der Waals surface area contributed by atoms with Crippen molar-refractivity contribution in [1.82, 2.24) is 5.32 Å². The first-order valence-electron chi connectivity index (χ1n) is 7.04. The first-order chi connectivity index (χ1) is 10.2. The van der Waals surface area contributed by atoms with Crippen LogP contribution in [0.4, 0.5) is 4.79 Å². The summed E-state index contributed by atoms with van der Waals surface area (Å²) >= 11 is 0. The van der Waals surface area contributed by atoms with Crippen LogP contribution in [0.1, 0.15) is 32.8 Å². The van der Waals surface area contributed by atoms with Crippen molar-refractivity contribution >= 4 is 12.1 Å². The maximum absolute atomic E-state index is 11.8. The molecule has 0 aliphatic carbocycles. The second-order valence-electron chi connectivity index (χ2n) is 5.99. The molecule has 6 heteroatoms. The molecule has 0 fully saturated rings. The quantitative estimate of drug-likeness (QED) is 0.843. The first-order valence-corrected chi connectivity index (χ1v) is 7.04. The van der Waals surface area contributed by atoms with E-state index in [9.17, 15) is 9.59 Å². The zero-order chi connectivity index (χ0) is 16.8. The van der Waals surface area contributed by atoms with E-state index in [1.165, 1.54) is 0 Å². The number of carboxylic acid groups (broad SMARTS) is 1. The highest BCUT2D eigenvalue weighted by Gasteiger charge is 2.21. The number of alkyl carbamates (subject to hydrolysis) is 1. The molecule has 0 heterocycles. The Morgan fingerprint density at radius 1 is 1.23 bits per heavy atom. The Kier molecular flexibility index (Phi) is 6.22. The fourth-order valence-electron chi connectivity index (χ4n) is 1.91. The maximum Gasteiger partial charge on any atom is 0.407 e. The first kappa shape index (κ1) is 17.8. The van der Waals surface area contributed by atoms with Crippen LogP contribution in [0.5, 0.6) is 5.75 Å². The van der Waals surface area contributed by atoms with Crippen LogP contribution in [0.3, 0.4) is 0 Å². The van der Waals surface area contributed by atoms with Gasteiger partial charge in [0.05, 0.1) is 13.5 Å². The van der Waals surface area contributed by atoms with Gasteiger partial charge < -0.3 is 19.9 Å². The Morgan fingerprint density at radius 2 is 1.82 bits per heavy atom. The van der Waals surface area contributed by atoms with Crippen molar-refractivity contribution < 1.29 is 24.2 Å². The summed E-state index contributed by atoms with van der Waals surface area (Å²) < 4.78 is 10.2. The van der Waals surface area contributed by atoms with E-state index in [4.69, 9.17) is 14.6 Å². The maximum atomic E-state index is 11.8. The summed E-state index contributed by atoms with van der Waals surface area (Å²) in [5.74, 6) is -0.256. The van der Waals surface area contributed by atoms with Crippen molar-refractivity contribution in [1.29, 1.82) is 0 Å². The number of benzene rings is 1. The number of hydrogen-bond donors (Lipinski definition) is 2. The molecule has 1 amide bonds. The lowest BCUT2D eigenvalue weighted by Gasteiger charge is -2.23. The SMILES string of the molecule is COc1ccc(CC(CC(=O)O)NC(=O)OC(C)(C)C)cc1. The molecular formula is C16H23NO5. The lowest BCUT2D eigenvalue weighted by atomic mass is 10.0. The number of rotatable bonds is 6. The highest BCUT2D eigenvalue weighted by atomic mass is 16.6. The number of carbonyl (C=O) groups is 2. The monoisotopic (exact) mass is 309 g/mol. The van der Waals surface area contributed by atoms with E-state index in [0.717, 1.165) is 11.3 Å². The minimum Gasteiger partial charge on any atom is -0.497 e. The summed E-state index contributed by atoms with van der Waals surface area (Å²) in [7, 11) is 1.58. The van der Waals surface area contributed by atoms with E-state index < -0.39 is 23.7 Å². The van der Waals surface area contributed by atoms with Gasteiger partial charge in [-0.15, -0.1) is 0 Å². The number of carboxylic acids is 1. The summed E-state index contributed by atoms with van der Waals surface area (Å²) in [6, 6.07) is 6.72. The van der Waals surface area contributed by atoms with Gasteiger partial charge in [0.25, 0.3) is 0 Å². The molecule has 0 spiro atoms. The summed E-state index contributed by atoms with van der Waals surface area (Å²) in [5.41, 5.74) is 0.279. The molecule has 122 valence electrons. The largest absolute Gasteiger partial charge is 0.497 e. The third-order valence-corrected chi connectivity index (χ3v) is 2.78. The molecule has 0 aliphatic heterocycles. The lowest BCUT2D eigenvalue weighted by Crippen LogP contribution is -2.41. The number of carbonyl (C=O) groups excluding carboxylic acids is 1. The van der Waals surface area contributed by atoms with Crippen LogP contribution in [0, 0.1) is 0 Å². The fraction of sp³-hybridized carbons (Fsp3) is 0.500. The Bertz CT molecular complexity index is 504. The van der Waals surface area contributed by atoms with Crippen LogP contribution >= 0.6 is 0 Å². The van der Waals surface area contributed by atoms with Gasteiger partial charge in [0.15, 0.2) is 0 Å². The summed E-state index contributed by atoms with van der Waals surface area (Å²) in [6.45, 7) is 5.26. The van der Waals surface area contributed by atoms with Crippen molar-refractivity contribution in [3.05, 3.63) is 29.8 Å². The van der Waals surface area contributed by atoms with Crippen molar-refractivity contribution in [3.63, 3.8) is 0 Å². The van der Waals surface area contributed by atoms with Gasteiger partial charge in [0.1, 0.15) is 11.4 Å². The molecule has 0 aromatic heterocycles. The number of ether oxygens (including phenoxy) is 2. The van der Waals surface area contributed by atoms with E-state index in [2.05, 4.69) is 5.32 Å². The highest BCUT2D eigenvalue weighted by molar-refractivity contribution is 5.71. The zero-order valence-corrected chi connectivity index (χ0v) is 13.4. The molecule has 0 saturated heterocycles. The van der Waals surface area contributed by atoms with E-state index >= 15 is 0 Å². The molecule has 0 radical (unpaired) electrons. The van der Waals surface area contributed by atoms with E-state index in [1.54, 1.807) is 40.0 Å². The van der Waals surface area contributed by atoms with Gasteiger partial charge in [0.2, 0.25) is 0 Å². The number of nitrogens with one attached hydrogen (secondary N) is 1. The molecule has 2 N–H and O–H groups in total. The normalized spacial score (nSPS) is 12.4. The van der Waals surface area contributed by atoms with Gasteiger partial charge in [-0.2, -0.15) is 0 Å². The van der Waals surface area contributed by atoms with Gasteiger partial charge in [-0.05, 0) is 44.9 Å². The van der Waals surface area contributed by atoms with Gasteiger partial charge in [-0.3, -0.25) is 4.79 Å². The second-order valence-corrected chi connectivity index (χ2v) is 5.99. The summed E-state index contributed by atoms with van der Waals surface area (Å²) in [6.07, 6.45) is -0.395. The van der Waals surface area contributed by atoms with Crippen LogP contribution < -0.4 is 10.1 Å². The minimum absolute atomic E-state index is 0.175. The van der Waals surface area contributed by atoms with Crippen LogP contribution in [-0.2, 0) is 16.0 Å². The molecule has 6 nitrogen and oxygen atoms in total. The van der Waals surface area contributed by atoms with Gasteiger partial charge in [-0.1, -0.05) is 12.1 Å². The summed E-state index contributed by atoms with van der Waals surface area (Å²) in [4.78, 5) is 22.7. The van der Waals surface area contributed by atoms with Crippen molar-refractivity contribution in [2.45, 2.75) is 45.3 Å². The smallest absolute Gasteiger partial charge is 0.407 e. The Morgan fingerprint density at radius 3 is 2.27 bits per heavy atom. The third-order valence-electron chi connectivity index (χ3n) is 2.78. The third kappa shape index (κ3) is 6.97. The Balaban J connectivity index is 2.70. The number of amides is 1. The molecular weight excluding hydrogens is 286 g/mol. The van der Waals surface area contributed by atoms with E-state index in [0.29, 0.717) is 6.42 Å². The Hall–Kier alpha value is -2.24. The molecule has 0 aliphatic rings. The van der Waals surface area contributed by atoms with Crippen LogP contribution in [0.25, 0.3) is 0 Å². The number of methoxy groups -OCH3 is 1. The zero-order valence-electron chi connectivity index (χ0n) is 13.4. The summed E-state index contributed by atoms with van der Waals surface area (Å²) in [5, 5.41) is 11.6. The molecule has 0 saturated carbocycles. The molecule has 22 heavy (non-hydrogen) atoms. The average Bonchev–Trinajstić information content (AvgIpc) is 2.36. The van der Waals surface area contributed by atoms with E-state index in [1.807, 2.05) is 12.1 Å². The van der Waals surface area contributed by atoms with E-state index in [-0.39, 0.29) is 6.42 Å². The van der Waals surface area contributed by atoms with Gasteiger partial charge in [-0.25, -0.2) is 4.79 Å². The van der Waals surface area contributed by atoms with Crippen molar-refractivity contribution in [2.24, 2.45) is 0 Å². The molecule has 1 unspecified atom stereocenters. The van der Waals surface area contributed by atoms with Crippen LogP contribution in [-0.4, -0.2) is 35.9 Å². The Labute approximate surface area is 130 Å². The predicted octanol–water partition coefficient (Wildman–Crippen LogP) is 2.61. The second kappa shape index (κ2) is 7.68. The predicted molar refractivity (Wildman–Crippen MR) is 82.1 cm³/mol. The van der Waals surface area contributed by atoms with Gasteiger partial charge >= 0.3 is 12.1 Å². The molecule has 1 aromatic rings. The van der Waals surface area contributed by atoms with Crippen molar-refractivity contribution in [3.8, 4) is 5.75 Å². The molecule has 0 bridgehead atoms. The van der Waals surface area contributed by atoms with Crippen LogP contribution in [0.15, 0.2) is 24.3 Å². The number of hydrogen-bond acceptors (Lipinski definition) is 4. The molecule has 1 aromatic carbocycles. The molecule has 1 atom stereocenters. The van der Waals surface area contributed by atoms with Gasteiger partial charge in [0, 0.05) is 6.04 Å². The minimum atomic E-state index is -0.977. The fourth-order valence-corrected chi connectivity index (χ4v) is 1.91. The lowest BCUT2D eigenvalue weighted by molar-refractivity contribution is -0.137. The average molecular weight is 309 g/mol. The number of aliphatic carboxylic acids is 1. The topological polar surface area (TPSA) is 84.9 Å². The molecule has 1 rings (SSSR count). The standard InChI is InChI=1S/C16H23NO5/c1-16(2,3)22-15(20)17-12(10-14(18)19)9-11-5-7-13(21-4)8-6-11/h5-8,12H,9-10H2,1-4H3,(H,17,20)(H,18,19). The van der Waals surface area contributed by atoms with Crippen molar-refractivity contribution in [2.75, 3.05) is 7.11 Å².